The van der Waals surface area contributed by atoms with Crippen LogP contribution >= 0.6 is 0 Å². The molecule has 5 heteroatoms. The van der Waals surface area contributed by atoms with Gasteiger partial charge in [-0.05, 0) is 59.7 Å². The van der Waals surface area contributed by atoms with E-state index >= 15 is 0 Å². The third-order valence-corrected chi connectivity index (χ3v) is 6.08. The molecule has 0 saturated heterocycles. The fourth-order valence-electron chi connectivity index (χ4n) is 4.44. The van der Waals surface area contributed by atoms with Crippen LogP contribution in [0.3, 0.4) is 0 Å². The van der Waals surface area contributed by atoms with E-state index in [-0.39, 0.29) is 11.6 Å². The SMILES string of the molecule is CNC(=O)/C(=N\OC)c1ccccc1COc1ccc(C2CCc3c(C)cccc32)cc1. The zero-order valence-electron chi connectivity index (χ0n) is 18.7. The Balaban J connectivity index is 1.49. The number of oxime groups is 1. The maximum absolute atomic E-state index is 12.2. The summed E-state index contributed by atoms with van der Waals surface area (Å²) in [6.07, 6.45) is 2.28. The van der Waals surface area contributed by atoms with Gasteiger partial charge in [0.1, 0.15) is 19.5 Å². The molecule has 3 aromatic rings. The Hall–Kier alpha value is -3.60. The number of fused-ring (bicyclic) bond motifs is 1. The van der Waals surface area contributed by atoms with Crippen molar-refractivity contribution < 1.29 is 14.4 Å². The number of benzene rings is 3. The molecule has 32 heavy (non-hydrogen) atoms. The maximum Gasteiger partial charge on any atom is 0.273 e. The first kappa shape index (κ1) is 21.6. The number of rotatable bonds is 7. The lowest BCUT2D eigenvalue weighted by molar-refractivity contribution is -0.114. The van der Waals surface area contributed by atoms with Crippen LogP contribution in [0.4, 0.5) is 0 Å². The molecule has 3 aromatic carbocycles. The summed E-state index contributed by atoms with van der Waals surface area (Å²) in [6, 6.07) is 22.5. The zero-order chi connectivity index (χ0) is 22.5. The van der Waals surface area contributed by atoms with E-state index in [0.29, 0.717) is 18.1 Å². The molecule has 5 nitrogen and oxygen atoms in total. The van der Waals surface area contributed by atoms with Gasteiger partial charge in [-0.25, -0.2) is 0 Å². The Morgan fingerprint density at radius 2 is 1.84 bits per heavy atom. The van der Waals surface area contributed by atoms with E-state index in [0.717, 1.165) is 24.2 Å². The Labute approximate surface area is 189 Å². The van der Waals surface area contributed by atoms with Gasteiger partial charge in [0, 0.05) is 18.5 Å². The van der Waals surface area contributed by atoms with E-state index < -0.39 is 0 Å². The normalized spacial score (nSPS) is 15.2. The number of hydrogen-bond donors (Lipinski definition) is 1. The predicted octanol–water partition coefficient (Wildman–Crippen LogP) is 4.75. The van der Waals surface area contributed by atoms with E-state index in [1.54, 1.807) is 7.05 Å². The summed E-state index contributed by atoms with van der Waals surface area (Å²) in [5.41, 5.74) is 7.41. The third kappa shape index (κ3) is 4.37. The van der Waals surface area contributed by atoms with Crippen molar-refractivity contribution in [1.82, 2.24) is 5.32 Å². The summed E-state index contributed by atoms with van der Waals surface area (Å²) in [7, 11) is 2.99. The minimum absolute atomic E-state index is 0.222. The highest BCUT2D eigenvalue weighted by Gasteiger charge is 2.24. The molecule has 0 radical (unpaired) electrons. The summed E-state index contributed by atoms with van der Waals surface area (Å²) < 4.78 is 6.05. The summed E-state index contributed by atoms with van der Waals surface area (Å²) in [4.78, 5) is 17.1. The average Bonchev–Trinajstić information content (AvgIpc) is 3.27. The van der Waals surface area contributed by atoms with Crippen molar-refractivity contribution in [3.05, 3.63) is 100 Å². The van der Waals surface area contributed by atoms with Crippen molar-refractivity contribution in [3.63, 3.8) is 0 Å². The monoisotopic (exact) mass is 428 g/mol. The maximum atomic E-state index is 12.2. The second-order valence-corrected chi connectivity index (χ2v) is 7.95. The Bertz CT molecular complexity index is 1140. The lowest BCUT2D eigenvalue weighted by Gasteiger charge is -2.15. The largest absolute Gasteiger partial charge is 0.489 e. The molecule has 1 N–H and O–H groups in total. The highest BCUT2D eigenvalue weighted by atomic mass is 16.6. The lowest BCUT2D eigenvalue weighted by Crippen LogP contribution is -2.29. The van der Waals surface area contributed by atoms with Gasteiger partial charge in [0.2, 0.25) is 0 Å². The van der Waals surface area contributed by atoms with Crippen LogP contribution in [-0.4, -0.2) is 25.8 Å². The fourth-order valence-corrected chi connectivity index (χ4v) is 4.44. The molecule has 1 aliphatic carbocycles. The van der Waals surface area contributed by atoms with Crippen molar-refractivity contribution in [2.45, 2.75) is 32.3 Å². The van der Waals surface area contributed by atoms with Gasteiger partial charge in [-0.1, -0.05) is 59.8 Å². The number of ether oxygens (including phenoxy) is 1. The number of likely N-dealkylation sites (N-methyl/N-ethyl adjacent to an activating group) is 1. The number of hydrogen-bond acceptors (Lipinski definition) is 4. The number of nitrogens with zero attached hydrogens (tertiary/aromatic N) is 1. The first-order valence-corrected chi connectivity index (χ1v) is 10.8. The fraction of sp³-hybridized carbons (Fsp3) is 0.259. The van der Waals surface area contributed by atoms with Crippen molar-refractivity contribution >= 4 is 11.6 Å². The molecule has 0 fully saturated rings. The molecule has 0 aliphatic heterocycles. The standard InChI is InChI=1S/C27H28N2O3/c1-18-7-6-10-25-22(18)15-16-23(25)19-11-13-21(14-12-19)32-17-20-8-4-5-9-24(20)26(29-31-3)27(30)28-2/h4-14,23H,15-17H2,1-3H3,(H,28,30)/b29-26-. The quantitative estimate of drug-likeness (QED) is 0.436. The van der Waals surface area contributed by atoms with Gasteiger partial charge in [-0.3, -0.25) is 4.79 Å². The second-order valence-electron chi connectivity index (χ2n) is 7.95. The molecule has 4 rings (SSSR count). The molecule has 0 bridgehead atoms. The summed E-state index contributed by atoms with van der Waals surface area (Å²) in [6.45, 7) is 2.52. The van der Waals surface area contributed by atoms with Crippen LogP contribution in [-0.2, 0) is 22.7 Å². The van der Waals surface area contributed by atoms with Gasteiger partial charge in [0.05, 0.1) is 0 Å². The van der Waals surface area contributed by atoms with Crippen LogP contribution in [0.1, 0.15) is 45.7 Å². The van der Waals surface area contributed by atoms with E-state index in [1.807, 2.05) is 36.4 Å². The molecule has 1 unspecified atom stereocenters. The molecule has 0 aromatic heterocycles. The van der Waals surface area contributed by atoms with E-state index in [4.69, 9.17) is 9.57 Å². The molecule has 1 aliphatic rings. The van der Waals surface area contributed by atoms with Crippen molar-refractivity contribution in [2.75, 3.05) is 14.2 Å². The zero-order valence-corrected chi connectivity index (χ0v) is 18.7. The van der Waals surface area contributed by atoms with E-state index in [1.165, 1.54) is 29.4 Å². The highest BCUT2D eigenvalue weighted by molar-refractivity contribution is 6.45. The molecule has 0 heterocycles. The Morgan fingerprint density at radius 3 is 2.59 bits per heavy atom. The van der Waals surface area contributed by atoms with Gasteiger partial charge < -0.3 is 14.9 Å². The highest BCUT2D eigenvalue weighted by Crippen LogP contribution is 2.39. The molecular weight excluding hydrogens is 400 g/mol. The molecule has 0 spiro atoms. The van der Waals surface area contributed by atoms with Crippen LogP contribution in [0.2, 0.25) is 0 Å². The van der Waals surface area contributed by atoms with Gasteiger partial charge in [0.15, 0.2) is 5.71 Å². The Kier molecular flexibility index (Phi) is 6.55. The number of nitrogens with one attached hydrogen (secondary N) is 1. The average molecular weight is 429 g/mol. The van der Waals surface area contributed by atoms with Crippen molar-refractivity contribution in [2.24, 2.45) is 5.16 Å². The van der Waals surface area contributed by atoms with Crippen molar-refractivity contribution in [3.8, 4) is 5.75 Å². The minimum Gasteiger partial charge on any atom is -0.489 e. The molecule has 164 valence electrons. The van der Waals surface area contributed by atoms with Crippen LogP contribution < -0.4 is 10.1 Å². The van der Waals surface area contributed by atoms with Gasteiger partial charge >= 0.3 is 0 Å². The van der Waals surface area contributed by atoms with E-state index in [9.17, 15) is 4.79 Å². The first-order valence-electron chi connectivity index (χ1n) is 10.8. The minimum atomic E-state index is -0.310. The van der Waals surface area contributed by atoms with E-state index in [2.05, 4.69) is 47.7 Å². The first-order chi connectivity index (χ1) is 15.6. The molecule has 1 atom stereocenters. The molecule has 1 amide bonds. The molecule has 0 saturated carbocycles. The Morgan fingerprint density at radius 1 is 1.06 bits per heavy atom. The predicted molar refractivity (Wildman–Crippen MR) is 126 cm³/mol. The number of amides is 1. The summed E-state index contributed by atoms with van der Waals surface area (Å²) in [5.74, 6) is 0.923. The van der Waals surface area contributed by atoms with Crippen molar-refractivity contribution in [1.29, 1.82) is 0 Å². The summed E-state index contributed by atoms with van der Waals surface area (Å²) in [5, 5.41) is 6.51. The topological polar surface area (TPSA) is 59.9 Å². The summed E-state index contributed by atoms with van der Waals surface area (Å²) >= 11 is 0. The number of aryl methyl sites for hydroxylation is 1. The van der Waals surface area contributed by atoms with Crippen LogP contribution in [0, 0.1) is 6.92 Å². The van der Waals surface area contributed by atoms with Gasteiger partial charge in [-0.2, -0.15) is 0 Å². The smallest absolute Gasteiger partial charge is 0.273 e. The number of carbonyl (C=O) groups is 1. The number of carbonyl (C=O) groups excluding carboxylic acids is 1. The molecular formula is C27H28N2O3. The van der Waals surface area contributed by atoms with Crippen LogP contribution in [0.25, 0.3) is 0 Å². The lowest BCUT2D eigenvalue weighted by atomic mass is 9.92. The van der Waals surface area contributed by atoms with Crippen LogP contribution in [0.5, 0.6) is 5.75 Å². The third-order valence-electron chi connectivity index (χ3n) is 6.08. The van der Waals surface area contributed by atoms with Gasteiger partial charge in [-0.15, -0.1) is 0 Å². The van der Waals surface area contributed by atoms with Gasteiger partial charge in [0.25, 0.3) is 5.91 Å². The van der Waals surface area contributed by atoms with Crippen LogP contribution in [0.15, 0.2) is 71.9 Å². The second kappa shape index (κ2) is 9.69.